The molecule has 1 fully saturated rings. The van der Waals surface area contributed by atoms with Crippen molar-refractivity contribution < 1.29 is 4.39 Å². The third-order valence-corrected chi connectivity index (χ3v) is 5.49. The van der Waals surface area contributed by atoms with E-state index in [1.165, 1.54) is 25.3 Å². The highest BCUT2D eigenvalue weighted by molar-refractivity contribution is 6.33. The van der Waals surface area contributed by atoms with Crippen molar-refractivity contribution in [2.75, 3.05) is 23.3 Å². The van der Waals surface area contributed by atoms with Gasteiger partial charge in [0.25, 0.3) is 0 Å². The van der Waals surface area contributed by atoms with E-state index in [0.717, 1.165) is 18.9 Å². The fourth-order valence-electron chi connectivity index (χ4n) is 3.70. The quantitative estimate of drug-likeness (QED) is 0.483. The predicted octanol–water partition coefficient (Wildman–Crippen LogP) is 4.94. The first-order chi connectivity index (χ1) is 14.7. The summed E-state index contributed by atoms with van der Waals surface area (Å²) in [5, 5.41) is 3.51. The van der Waals surface area contributed by atoms with Gasteiger partial charge in [0.15, 0.2) is 5.82 Å². The second-order valence-electron chi connectivity index (χ2n) is 7.17. The largest absolute Gasteiger partial charge is 0.356 e. The first kappa shape index (κ1) is 18.7. The van der Waals surface area contributed by atoms with Crippen LogP contribution >= 0.6 is 11.6 Å². The van der Waals surface area contributed by atoms with Crippen LogP contribution < -0.4 is 10.2 Å². The standard InChI is InChI=1S/C21H19ClFN7/c22-13-5-4-6-14(23)18(13)20-27-15-7-8-24-21(19(15)29-20)28-16-11-17(26-12-25-16)30-9-2-1-3-10-30/h4-8,11-12H,1-3,9-10H2,(H,27,29)(H,24,25,26,28). The number of H-pyrrole nitrogens is 1. The molecule has 0 aliphatic carbocycles. The molecular weight excluding hydrogens is 405 g/mol. The van der Waals surface area contributed by atoms with Crippen molar-refractivity contribution in [3.05, 3.63) is 53.7 Å². The van der Waals surface area contributed by atoms with Crippen molar-refractivity contribution in [3.63, 3.8) is 0 Å². The smallest absolute Gasteiger partial charge is 0.159 e. The summed E-state index contributed by atoms with van der Waals surface area (Å²) < 4.78 is 14.3. The van der Waals surface area contributed by atoms with Gasteiger partial charge in [-0.2, -0.15) is 0 Å². The number of aromatic nitrogens is 5. The molecule has 0 radical (unpaired) electrons. The van der Waals surface area contributed by atoms with Crippen LogP contribution in [0.1, 0.15) is 19.3 Å². The van der Waals surface area contributed by atoms with Crippen LogP contribution in [-0.4, -0.2) is 38.0 Å². The van der Waals surface area contributed by atoms with Crippen LogP contribution in [0.2, 0.25) is 5.02 Å². The molecule has 1 aliphatic rings. The van der Waals surface area contributed by atoms with Gasteiger partial charge in [0.2, 0.25) is 0 Å². The van der Waals surface area contributed by atoms with Gasteiger partial charge < -0.3 is 15.2 Å². The molecule has 0 spiro atoms. The topological polar surface area (TPSA) is 82.6 Å². The molecule has 9 heteroatoms. The first-order valence-corrected chi connectivity index (χ1v) is 10.2. The van der Waals surface area contributed by atoms with E-state index in [1.54, 1.807) is 30.7 Å². The van der Waals surface area contributed by atoms with E-state index >= 15 is 0 Å². The fourth-order valence-corrected chi connectivity index (χ4v) is 3.95. The minimum Gasteiger partial charge on any atom is -0.356 e. The van der Waals surface area contributed by atoms with Crippen molar-refractivity contribution >= 4 is 40.1 Å². The number of imidazole rings is 1. The lowest BCUT2D eigenvalue weighted by molar-refractivity contribution is 0.573. The van der Waals surface area contributed by atoms with Gasteiger partial charge in [-0.05, 0) is 37.5 Å². The molecule has 7 nitrogen and oxygen atoms in total. The van der Waals surface area contributed by atoms with Gasteiger partial charge >= 0.3 is 0 Å². The highest BCUT2D eigenvalue weighted by Gasteiger charge is 2.17. The number of rotatable bonds is 4. The Kier molecular flexibility index (Phi) is 4.92. The Balaban J connectivity index is 1.49. The molecule has 1 aliphatic heterocycles. The zero-order valence-electron chi connectivity index (χ0n) is 16.1. The van der Waals surface area contributed by atoms with Crippen LogP contribution in [0.4, 0.5) is 21.8 Å². The van der Waals surface area contributed by atoms with E-state index in [4.69, 9.17) is 11.6 Å². The normalized spacial score (nSPS) is 14.3. The summed E-state index contributed by atoms with van der Waals surface area (Å²) in [6.07, 6.45) is 6.79. The summed E-state index contributed by atoms with van der Waals surface area (Å²) in [6.45, 7) is 1.99. The number of hydrogen-bond donors (Lipinski definition) is 2. The maximum absolute atomic E-state index is 14.3. The SMILES string of the molecule is Fc1cccc(Cl)c1-c1nc2c(Nc3cc(N4CCCCC4)ncn3)nccc2[nH]1. The molecular formula is C21H19ClFN7. The third-order valence-electron chi connectivity index (χ3n) is 5.18. The zero-order valence-corrected chi connectivity index (χ0v) is 16.8. The first-order valence-electron chi connectivity index (χ1n) is 9.82. The van der Waals surface area contributed by atoms with Gasteiger partial charge in [-0.3, -0.25) is 0 Å². The van der Waals surface area contributed by atoms with Crippen LogP contribution in [-0.2, 0) is 0 Å². The molecule has 4 aromatic rings. The monoisotopic (exact) mass is 423 g/mol. The fraction of sp³-hybridized carbons (Fsp3) is 0.238. The van der Waals surface area contributed by atoms with Crippen LogP contribution in [0.3, 0.4) is 0 Å². The predicted molar refractivity (Wildman–Crippen MR) is 116 cm³/mol. The molecule has 0 saturated carbocycles. The summed E-state index contributed by atoms with van der Waals surface area (Å²) in [7, 11) is 0. The number of anilines is 3. The van der Waals surface area contributed by atoms with Gasteiger partial charge in [0, 0.05) is 25.4 Å². The second-order valence-corrected chi connectivity index (χ2v) is 7.58. The van der Waals surface area contributed by atoms with Crippen molar-refractivity contribution in [1.82, 2.24) is 24.9 Å². The average Bonchev–Trinajstić information content (AvgIpc) is 3.19. The van der Waals surface area contributed by atoms with Crippen LogP contribution in [0.15, 0.2) is 42.9 Å². The Morgan fingerprint density at radius 2 is 1.93 bits per heavy atom. The van der Waals surface area contributed by atoms with Crippen molar-refractivity contribution in [1.29, 1.82) is 0 Å². The number of nitrogens with zero attached hydrogens (tertiary/aromatic N) is 5. The average molecular weight is 424 g/mol. The van der Waals surface area contributed by atoms with Gasteiger partial charge in [-0.15, -0.1) is 0 Å². The number of aromatic amines is 1. The Morgan fingerprint density at radius 3 is 2.77 bits per heavy atom. The lowest BCUT2D eigenvalue weighted by Crippen LogP contribution is -2.30. The molecule has 152 valence electrons. The molecule has 0 atom stereocenters. The second kappa shape index (κ2) is 7.87. The summed E-state index contributed by atoms with van der Waals surface area (Å²) in [4.78, 5) is 23.1. The Labute approximate surface area is 177 Å². The molecule has 5 rings (SSSR count). The van der Waals surface area contributed by atoms with Crippen molar-refractivity contribution in [2.45, 2.75) is 19.3 Å². The molecule has 2 N–H and O–H groups in total. The highest BCUT2D eigenvalue weighted by Crippen LogP contribution is 2.32. The molecule has 0 amide bonds. The molecule has 3 aromatic heterocycles. The van der Waals surface area contributed by atoms with E-state index in [1.807, 2.05) is 6.07 Å². The molecule has 1 saturated heterocycles. The number of benzene rings is 1. The highest BCUT2D eigenvalue weighted by atomic mass is 35.5. The molecule has 30 heavy (non-hydrogen) atoms. The summed E-state index contributed by atoms with van der Waals surface area (Å²) >= 11 is 6.20. The van der Waals surface area contributed by atoms with E-state index < -0.39 is 5.82 Å². The van der Waals surface area contributed by atoms with Gasteiger partial charge in [-0.1, -0.05) is 17.7 Å². The number of halogens is 2. The van der Waals surface area contributed by atoms with Crippen molar-refractivity contribution in [2.24, 2.45) is 0 Å². The Hall–Kier alpha value is -3.26. The number of piperidine rings is 1. The van der Waals surface area contributed by atoms with Gasteiger partial charge in [-0.25, -0.2) is 24.3 Å². The Bertz CT molecular complexity index is 1180. The van der Waals surface area contributed by atoms with E-state index in [2.05, 4.69) is 35.1 Å². The van der Waals surface area contributed by atoms with Crippen LogP contribution in [0.25, 0.3) is 22.4 Å². The van der Waals surface area contributed by atoms with E-state index in [9.17, 15) is 4.39 Å². The third kappa shape index (κ3) is 3.54. The number of pyridine rings is 1. The van der Waals surface area contributed by atoms with Crippen LogP contribution in [0.5, 0.6) is 0 Å². The van der Waals surface area contributed by atoms with E-state index in [-0.39, 0.29) is 5.56 Å². The lowest BCUT2D eigenvalue weighted by atomic mass is 10.1. The number of nitrogens with one attached hydrogen (secondary N) is 2. The molecule has 1 aromatic carbocycles. The van der Waals surface area contributed by atoms with Crippen LogP contribution in [0, 0.1) is 5.82 Å². The molecule has 0 unspecified atom stereocenters. The maximum atomic E-state index is 14.3. The number of fused-ring (bicyclic) bond motifs is 1. The summed E-state index contributed by atoms with van der Waals surface area (Å²) in [5.41, 5.74) is 1.52. The van der Waals surface area contributed by atoms with Crippen molar-refractivity contribution in [3.8, 4) is 11.4 Å². The van der Waals surface area contributed by atoms with E-state index in [0.29, 0.717) is 33.5 Å². The molecule has 0 bridgehead atoms. The summed E-state index contributed by atoms with van der Waals surface area (Å²) in [6, 6.07) is 8.24. The van der Waals surface area contributed by atoms with Gasteiger partial charge in [0.1, 0.15) is 35.1 Å². The molecule has 4 heterocycles. The summed E-state index contributed by atoms with van der Waals surface area (Å²) in [5.74, 6) is 1.94. The minimum absolute atomic E-state index is 0.232. The Morgan fingerprint density at radius 1 is 1.07 bits per heavy atom. The lowest BCUT2D eigenvalue weighted by Gasteiger charge is -2.27. The maximum Gasteiger partial charge on any atom is 0.159 e. The minimum atomic E-state index is -0.439. The zero-order chi connectivity index (χ0) is 20.5. The number of hydrogen-bond acceptors (Lipinski definition) is 6. The van der Waals surface area contributed by atoms with Gasteiger partial charge in [0.05, 0.1) is 16.1 Å².